The van der Waals surface area contributed by atoms with E-state index in [1.54, 1.807) is 0 Å². The molecule has 54 valence electrons. The molecule has 2 atom stereocenters. The molecule has 9 heavy (non-hydrogen) atoms. The molecule has 1 heterocycles. The molecular formula is C6H13FNO+. The van der Waals surface area contributed by atoms with Crippen LogP contribution in [0, 0.1) is 0 Å². The molecule has 0 amide bonds. The molecule has 3 heteroatoms. The van der Waals surface area contributed by atoms with Crippen molar-refractivity contribution < 1.29 is 14.0 Å². The van der Waals surface area contributed by atoms with Crippen LogP contribution in [0.1, 0.15) is 6.42 Å². The van der Waals surface area contributed by atoms with Crippen LogP contribution in [0.15, 0.2) is 0 Å². The summed E-state index contributed by atoms with van der Waals surface area (Å²) in [4.78, 5) is 0. The number of nitrogens with zero attached hydrogens (tertiary/aromatic N) is 1. The van der Waals surface area contributed by atoms with E-state index in [4.69, 9.17) is 5.11 Å². The number of likely N-dealkylation sites (N-methyl/N-ethyl adjacent to an activating group) is 1. The Morgan fingerprint density at radius 3 is 2.67 bits per heavy atom. The third-order valence-electron chi connectivity index (χ3n) is 1.94. The summed E-state index contributed by atoms with van der Waals surface area (Å²) in [7, 11) is 1.83. The fourth-order valence-electron chi connectivity index (χ4n) is 1.26. The Labute approximate surface area is 54.5 Å². The highest BCUT2D eigenvalue weighted by atomic mass is 19.1. The second-order valence-corrected chi connectivity index (χ2v) is 3.09. The first-order chi connectivity index (χ1) is 4.16. The summed E-state index contributed by atoms with van der Waals surface area (Å²) in [6.07, 6.45) is 0.478. The first-order valence-corrected chi connectivity index (χ1v) is 3.24. The summed E-state index contributed by atoms with van der Waals surface area (Å²) in [6.45, 7) is 1.01. The Morgan fingerprint density at radius 1 is 1.78 bits per heavy atom. The molecule has 1 aliphatic heterocycles. The second kappa shape index (κ2) is 2.23. The van der Waals surface area contributed by atoms with Crippen LogP contribution >= 0.6 is 0 Å². The van der Waals surface area contributed by atoms with Gasteiger partial charge in [-0.15, -0.1) is 0 Å². The van der Waals surface area contributed by atoms with Gasteiger partial charge in [0.25, 0.3) is 0 Å². The minimum absolute atomic E-state index is 0.272. The standard InChI is InChI=1S/C6H13FNO/c1-8(5-7)3-2-6(9)4-8/h6,9H,2-5H2,1H3/q+1/t6-,8?/m0/s1. The predicted octanol–water partition coefficient (Wildman–Crippen LogP) is 0.125. The smallest absolute Gasteiger partial charge is 0.222 e. The van der Waals surface area contributed by atoms with E-state index in [1.165, 1.54) is 0 Å². The lowest BCUT2D eigenvalue weighted by Crippen LogP contribution is -2.41. The number of hydrogen-bond donors (Lipinski definition) is 1. The summed E-state index contributed by atoms with van der Waals surface area (Å²) in [6, 6.07) is 0. The number of likely N-dealkylation sites (tertiary alicyclic amines) is 1. The third kappa shape index (κ3) is 1.40. The molecule has 1 N–H and O–H groups in total. The average molecular weight is 134 g/mol. The van der Waals surface area contributed by atoms with E-state index in [0.717, 1.165) is 13.0 Å². The zero-order valence-corrected chi connectivity index (χ0v) is 5.68. The molecule has 0 saturated carbocycles. The van der Waals surface area contributed by atoms with Crippen LogP contribution in [-0.2, 0) is 0 Å². The van der Waals surface area contributed by atoms with Crippen molar-refractivity contribution in [3.63, 3.8) is 0 Å². The molecule has 0 aromatic rings. The minimum Gasteiger partial charge on any atom is -0.387 e. The summed E-state index contributed by atoms with van der Waals surface area (Å²) < 4.78 is 12.5. The van der Waals surface area contributed by atoms with Gasteiger partial charge >= 0.3 is 0 Å². The molecule has 0 radical (unpaired) electrons. The van der Waals surface area contributed by atoms with Crippen LogP contribution in [0.25, 0.3) is 0 Å². The van der Waals surface area contributed by atoms with Crippen LogP contribution in [0.4, 0.5) is 4.39 Å². The molecule has 1 unspecified atom stereocenters. The van der Waals surface area contributed by atoms with Crippen molar-refractivity contribution in [3.05, 3.63) is 0 Å². The Hall–Kier alpha value is -0.150. The normalized spacial score (nSPS) is 43.7. The van der Waals surface area contributed by atoms with E-state index in [9.17, 15) is 4.39 Å². The van der Waals surface area contributed by atoms with Crippen molar-refractivity contribution in [1.82, 2.24) is 0 Å². The number of aliphatic hydroxyl groups is 1. The summed E-state index contributed by atoms with van der Waals surface area (Å²) in [5, 5.41) is 9.01. The molecule has 0 spiro atoms. The maximum atomic E-state index is 12.1. The van der Waals surface area contributed by atoms with Gasteiger partial charge in [-0.1, -0.05) is 0 Å². The molecule has 0 aromatic heterocycles. The van der Waals surface area contributed by atoms with Crippen LogP contribution in [0.5, 0.6) is 0 Å². The van der Waals surface area contributed by atoms with E-state index in [1.807, 2.05) is 7.05 Å². The number of alkyl halides is 1. The maximum absolute atomic E-state index is 12.1. The van der Waals surface area contributed by atoms with Gasteiger partial charge in [0.15, 0.2) is 0 Å². The van der Waals surface area contributed by atoms with Crippen molar-refractivity contribution >= 4 is 0 Å². The molecule has 0 aromatic carbocycles. The van der Waals surface area contributed by atoms with Gasteiger partial charge in [-0.2, -0.15) is 4.39 Å². The number of quaternary nitrogens is 1. The molecular weight excluding hydrogens is 121 g/mol. The van der Waals surface area contributed by atoms with Crippen LogP contribution in [0.2, 0.25) is 0 Å². The van der Waals surface area contributed by atoms with Gasteiger partial charge in [-0.25, -0.2) is 0 Å². The SMILES string of the molecule is C[N+]1(CF)CC[C@H](O)C1. The van der Waals surface area contributed by atoms with E-state index in [-0.39, 0.29) is 12.9 Å². The quantitative estimate of drug-likeness (QED) is 0.399. The number of aliphatic hydroxyl groups excluding tert-OH is 1. The zero-order chi connectivity index (χ0) is 6.91. The lowest BCUT2D eigenvalue weighted by Gasteiger charge is -2.24. The van der Waals surface area contributed by atoms with Crippen molar-refractivity contribution in [1.29, 1.82) is 0 Å². The molecule has 0 aliphatic carbocycles. The maximum Gasteiger partial charge on any atom is 0.222 e. The summed E-state index contributed by atoms with van der Waals surface area (Å²) in [5.41, 5.74) is 0. The van der Waals surface area contributed by atoms with Gasteiger partial charge in [0, 0.05) is 6.42 Å². The first kappa shape index (κ1) is 6.96. The van der Waals surface area contributed by atoms with Crippen molar-refractivity contribution in [2.24, 2.45) is 0 Å². The highest BCUT2D eigenvalue weighted by Gasteiger charge is 2.32. The average Bonchev–Trinajstić information content (AvgIpc) is 2.13. The van der Waals surface area contributed by atoms with Gasteiger partial charge in [0.2, 0.25) is 6.80 Å². The lowest BCUT2D eigenvalue weighted by atomic mass is 10.3. The van der Waals surface area contributed by atoms with Gasteiger partial charge in [0.05, 0.1) is 13.6 Å². The van der Waals surface area contributed by atoms with Gasteiger partial charge in [-0.05, 0) is 0 Å². The van der Waals surface area contributed by atoms with Crippen LogP contribution < -0.4 is 0 Å². The largest absolute Gasteiger partial charge is 0.387 e. The summed E-state index contributed by atoms with van der Waals surface area (Å²) in [5.74, 6) is 0. The Morgan fingerprint density at radius 2 is 2.44 bits per heavy atom. The Balaban J connectivity index is 2.45. The fourth-order valence-corrected chi connectivity index (χ4v) is 1.26. The van der Waals surface area contributed by atoms with Gasteiger partial charge in [-0.3, -0.25) is 4.48 Å². The highest BCUT2D eigenvalue weighted by Crippen LogP contribution is 2.16. The molecule has 0 bridgehead atoms. The van der Waals surface area contributed by atoms with Crippen molar-refractivity contribution in [3.8, 4) is 0 Å². The number of hydrogen-bond acceptors (Lipinski definition) is 1. The van der Waals surface area contributed by atoms with Gasteiger partial charge in [0.1, 0.15) is 12.6 Å². The molecule has 1 aliphatic rings. The van der Waals surface area contributed by atoms with E-state index < -0.39 is 0 Å². The molecule has 1 saturated heterocycles. The van der Waals surface area contributed by atoms with Crippen molar-refractivity contribution in [2.75, 3.05) is 26.9 Å². The third-order valence-corrected chi connectivity index (χ3v) is 1.94. The van der Waals surface area contributed by atoms with Crippen LogP contribution in [-0.4, -0.2) is 42.6 Å². The molecule has 2 nitrogen and oxygen atoms in total. The lowest BCUT2D eigenvalue weighted by molar-refractivity contribution is -0.911. The molecule has 1 rings (SSSR count). The van der Waals surface area contributed by atoms with E-state index in [2.05, 4.69) is 0 Å². The van der Waals surface area contributed by atoms with Gasteiger partial charge < -0.3 is 5.11 Å². The topological polar surface area (TPSA) is 20.2 Å². The minimum atomic E-state index is -0.350. The second-order valence-electron chi connectivity index (χ2n) is 3.09. The highest BCUT2D eigenvalue weighted by molar-refractivity contribution is 4.60. The van der Waals surface area contributed by atoms with E-state index >= 15 is 0 Å². The van der Waals surface area contributed by atoms with Crippen molar-refractivity contribution in [2.45, 2.75) is 12.5 Å². The fraction of sp³-hybridized carbons (Fsp3) is 1.00. The monoisotopic (exact) mass is 134 g/mol. The van der Waals surface area contributed by atoms with Crippen LogP contribution in [0.3, 0.4) is 0 Å². The summed E-state index contributed by atoms with van der Waals surface area (Å²) >= 11 is 0. The first-order valence-electron chi connectivity index (χ1n) is 3.24. The number of halogens is 1. The Kier molecular flexibility index (Phi) is 1.73. The Bertz CT molecular complexity index is 109. The number of rotatable bonds is 1. The predicted molar refractivity (Wildman–Crippen MR) is 32.5 cm³/mol. The molecule has 1 fully saturated rings. The van der Waals surface area contributed by atoms with E-state index in [0.29, 0.717) is 11.0 Å². The zero-order valence-electron chi connectivity index (χ0n) is 5.68.